The van der Waals surface area contributed by atoms with Crippen molar-refractivity contribution in [1.29, 1.82) is 0 Å². The van der Waals surface area contributed by atoms with Crippen LogP contribution >= 0.6 is 0 Å². The smallest absolute Gasteiger partial charge is 0.126 e. The lowest BCUT2D eigenvalue weighted by Gasteiger charge is -2.01. The maximum absolute atomic E-state index is 5.55. The third-order valence-corrected chi connectivity index (χ3v) is 1.38. The standard InChI is InChI=1S/C7H11N3/c1-5-6(8)3-4-7(9-2)10-5/h3-4H,8H2,1-2H3,(H,9,10). The number of pyridine rings is 1. The first-order chi connectivity index (χ1) is 4.74. The van der Waals surface area contributed by atoms with Gasteiger partial charge in [0.1, 0.15) is 5.82 Å². The Hall–Kier alpha value is -1.25. The van der Waals surface area contributed by atoms with E-state index in [1.807, 2.05) is 26.1 Å². The zero-order valence-corrected chi connectivity index (χ0v) is 6.18. The number of nitrogens with one attached hydrogen (secondary N) is 1. The Labute approximate surface area is 60.3 Å². The molecule has 0 aliphatic rings. The largest absolute Gasteiger partial charge is 0.397 e. The van der Waals surface area contributed by atoms with Crippen LogP contribution < -0.4 is 11.1 Å². The zero-order valence-electron chi connectivity index (χ0n) is 6.18. The average molecular weight is 137 g/mol. The highest BCUT2D eigenvalue weighted by Gasteiger charge is 1.94. The highest BCUT2D eigenvalue weighted by molar-refractivity contribution is 5.48. The monoisotopic (exact) mass is 137 g/mol. The summed E-state index contributed by atoms with van der Waals surface area (Å²) in [4.78, 5) is 4.16. The second kappa shape index (κ2) is 2.56. The molecule has 0 bridgehead atoms. The van der Waals surface area contributed by atoms with Crippen LogP contribution in [0.1, 0.15) is 5.69 Å². The summed E-state index contributed by atoms with van der Waals surface area (Å²) in [7, 11) is 1.83. The highest BCUT2D eigenvalue weighted by Crippen LogP contribution is 2.10. The minimum atomic E-state index is 0.735. The van der Waals surface area contributed by atoms with Gasteiger partial charge in [-0.05, 0) is 19.1 Å². The summed E-state index contributed by atoms with van der Waals surface area (Å²) in [6.07, 6.45) is 0. The molecule has 3 nitrogen and oxygen atoms in total. The predicted molar refractivity (Wildman–Crippen MR) is 42.9 cm³/mol. The van der Waals surface area contributed by atoms with Crippen LogP contribution in [0, 0.1) is 6.92 Å². The highest BCUT2D eigenvalue weighted by atomic mass is 15.0. The van der Waals surface area contributed by atoms with Crippen molar-refractivity contribution in [2.24, 2.45) is 0 Å². The Morgan fingerprint density at radius 1 is 1.50 bits per heavy atom. The Morgan fingerprint density at radius 2 is 2.20 bits per heavy atom. The fraction of sp³-hybridized carbons (Fsp3) is 0.286. The minimum Gasteiger partial charge on any atom is -0.397 e. The Bertz CT molecular complexity index is 232. The van der Waals surface area contributed by atoms with Gasteiger partial charge in [0.25, 0.3) is 0 Å². The van der Waals surface area contributed by atoms with Crippen molar-refractivity contribution in [3.8, 4) is 0 Å². The number of hydrogen-bond donors (Lipinski definition) is 2. The topological polar surface area (TPSA) is 50.9 Å². The van der Waals surface area contributed by atoms with Gasteiger partial charge in [-0.15, -0.1) is 0 Å². The summed E-state index contributed by atoms with van der Waals surface area (Å²) in [5.74, 6) is 0.853. The molecule has 3 N–H and O–H groups in total. The molecule has 0 aliphatic heterocycles. The number of hydrogen-bond acceptors (Lipinski definition) is 3. The van der Waals surface area contributed by atoms with E-state index in [0.29, 0.717) is 0 Å². The van der Waals surface area contributed by atoms with Crippen LogP contribution in [0.4, 0.5) is 11.5 Å². The van der Waals surface area contributed by atoms with Gasteiger partial charge in [-0.2, -0.15) is 0 Å². The quantitative estimate of drug-likeness (QED) is 0.607. The van der Waals surface area contributed by atoms with Crippen LogP contribution in [-0.2, 0) is 0 Å². The molecule has 1 heterocycles. The molecule has 10 heavy (non-hydrogen) atoms. The minimum absolute atomic E-state index is 0.735. The molecule has 0 radical (unpaired) electrons. The molecule has 0 unspecified atom stereocenters. The van der Waals surface area contributed by atoms with Crippen LogP contribution in [0.5, 0.6) is 0 Å². The molecule has 0 aromatic carbocycles. The summed E-state index contributed by atoms with van der Waals surface area (Å²) in [5, 5.41) is 2.93. The van der Waals surface area contributed by atoms with Crippen LogP contribution in [0.2, 0.25) is 0 Å². The number of nitrogens with zero attached hydrogens (tertiary/aromatic N) is 1. The predicted octanol–water partition coefficient (Wildman–Crippen LogP) is 1.01. The lowest BCUT2D eigenvalue weighted by atomic mass is 10.3. The fourth-order valence-corrected chi connectivity index (χ4v) is 0.711. The van der Waals surface area contributed by atoms with Crippen molar-refractivity contribution in [2.45, 2.75) is 6.92 Å². The molecule has 0 atom stereocenters. The van der Waals surface area contributed by atoms with Crippen LogP contribution in [0.3, 0.4) is 0 Å². The molecule has 0 saturated carbocycles. The Kier molecular flexibility index (Phi) is 1.76. The molecule has 0 fully saturated rings. The second-order valence-electron chi connectivity index (χ2n) is 2.12. The third kappa shape index (κ3) is 1.18. The summed E-state index contributed by atoms with van der Waals surface area (Å²) in [6, 6.07) is 3.69. The molecule has 54 valence electrons. The molecule has 0 spiro atoms. The maximum atomic E-state index is 5.55. The molecular weight excluding hydrogens is 126 g/mol. The van der Waals surface area contributed by atoms with E-state index in [2.05, 4.69) is 10.3 Å². The second-order valence-corrected chi connectivity index (χ2v) is 2.12. The molecular formula is C7H11N3. The van der Waals surface area contributed by atoms with Gasteiger partial charge in [0.15, 0.2) is 0 Å². The first kappa shape index (κ1) is 6.86. The first-order valence-electron chi connectivity index (χ1n) is 3.15. The van der Waals surface area contributed by atoms with Crippen molar-refractivity contribution < 1.29 is 0 Å². The molecule has 0 saturated heterocycles. The molecule has 1 rings (SSSR count). The van der Waals surface area contributed by atoms with Gasteiger partial charge < -0.3 is 11.1 Å². The summed E-state index contributed by atoms with van der Waals surface area (Å²) in [5.41, 5.74) is 7.16. The fourth-order valence-electron chi connectivity index (χ4n) is 0.711. The van der Waals surface area contributed by atoms with Crippen molar-refractivity contribution >= 4 is 11.5 Å². The van der Waals surface area contributed by atoms with E-state index in [4.69, 9.17) is 5.73 Å². The van der Waals surface area contributed by atoms with E-state index < -0.39 is 0 Å². The normalized spacial score (nSPS) is 9.40. The molecule has 3 heteroatoms. The van der Waals surface area contributed by atoms with Gasteiger partial charge in [0.05, 0.1) is 11.4 Å². The van der Waals surface area contributed by atoms with E-state index in [1.54, 1.807) is 0 Å². The van der Waals surface area contributed by atoms with Gasteiger partial charge in [-0.3, -0.25) is 0 Å². The number of nitrogens with two attached hydrogens (primary N) is 1. The zero-order chi connectivity index (χ0) is 7.56. The van der Waals surface area contributed by atoms with Crippen molar-refractivity contribution in [3.63, 3.8) is 0 Å². The van der Waals surface area contributed by atoms with E-state index >= 15 is 0 Å². The Balaban J connectivity index is 3.04. The first-order valence-corrected chi connectivity index (χ1v) is 3.15. The van der Waals surface area contributed by atoms with E-state index in [0.717, 1.165) is 17.2 Å². The van der Waals surface area contributed by atoms with Crippen molar-refractivity contribution in [3.05, 3.63) is 17.8 Å². The third-order valence-electron chi connectivity index (χ3n) is 1.38. The summed E-state index contributed by atoms with van der Waals surface area (Å²) >= 11 is 0. The summed E-state index contributed by atoms with van der Waals surface area (Å²) < 4.78 is 0. The number of aryl methyl sites for hydroxylation is 1. The maximum Gasteiger partial charge on any atom is 0.126 e. The lowest BCUT2D eigenvalue weighted by molar-refractivity contribution is 1.19. The number of nitrogen functional groups attached to an aromatic ring is 1. The number of rotatable bonds is 1. The summed E-state index contributed by atoms with van der Waals surface area (Å²) in [6.45, 7) is 1.89. The van der Waals surface area contributed by atoms with Gasteiger partial charge in [0.2, 0.25) is 0 Å². The van der Waals surface area contributed by atoms with Gasteiger partial charge in [-0.25, -0.2) is 4.98 Å². The number of anilines is 2. The van der Waals surface area contributed by atoms with Crippen molar-refractivity contribution in [1.82, 2.24) is 4.98 Å². The van der Waals surface area contributed by atoms with Crippen molar-refractivity contribution in [2.75, 3.05) is 18.1 Å². The van der Waals surface area contributed by atoms with Gasteiger partial charge in [0, 0.05) is 7.05 Å². The van der Waals surface area contributed by atoms with Crippen LogP contribution in [0.15, 0.2) is 12.1 Å². The average Bonchev–Trinajstić information content (AvgIpc) is 1.95. The van der Waals surface area contributed by atoms with Crippen LogP contribution in [-0.4, -0.2) is 12.0 Å². The molecule has 0 aliphatic carbocycles. The molecule has 1 aromatic rings. The lowest BCUT2D eigenvalue weighted by Crippen LogP contribution is -1.97. The van der Waals surface area contributed by atoms with E-state index in [9.17, 15) is 0 Å². The van der Waals surface area contributed by atoms with Gasteiger partial charge in [-0.1, -0.05) is 0 Å². The van der Waals surface area contributed by atoms with Gasteiger partial charge >= 0.3 is 0 Å². The van der Waals surface area contributed by atoms with E-state index in [-0.39, 0.29) is 0 Å². The number of aromatic nitrogens is 1. The Morgan fingerprint density at radius 3 is 2.70 bits per heavy atom. The van der Waals surface area contributed by atoms with E-state index in [1.165, 1.54) is 0 Å². The van der Waals surface area contributed by atoms with Crippen LogP contribution in [0.25, 0.3) is 0 Å². The molecule has 0 amide bonds. The SMILES string of the molecule is CNc1ccc(N)c(C)n1. The molecule has 1 aromatic heterocycles.